The van der Waals surface area contributed by atoms with Crippen LogP contribution in [0.15, 0.2) is 9.06 Å². The standard InChI is InChI=1S/C12H23BO.6CH3.2Sn/c1-9(2)12(7-8-14)13(10(3)4)11(5)6;;;;;;;;/h9-11H,8H2,1-6H3;6*1H3;;/q-1;;;;;;;;+1. The van der Waals surface area contributed by atoms with Gasteiger partial charge in [-0.1, -0.05) is 0 Å². The van der Waals surface area contributed by atoms with Crippen molar-refractivity contribution in [1.29, 1.82) is 0 Å². The fourth-order valence-corrected chi connectivity index (χ4v) is 11.5. The van der Waals surface area contributed by atoms with E-state index in [0.29, 0.717) is 24.3 Å². The third kappa shape index (κ3) is 7.96. The molecule has 0 saturated heterocycles. The van der Waals surface area contributed by atoms with Gasteiger partial charge in [0, 0.05) is 0 Å². The van der Waals surface area contributed by atoms with Crippen LogP contribution in [0.25, 0.3) is 0 Å². The molecule has 0 bridgehead atoms. The van der Waals surface area contributed by atoms with E-state index in [1.807, 2.05) is 0 Å². The second-order valence-electron chi connectivity index (χ2n) is 9.75. The molecule has 0 radical (unpaired) electrons. The summed E-state index contributed by atoms with van der Waals surface area (Å²) < 4.78 is 8.23. The number of hydrogen-bond acceptors (Lipinski definition) is 1. The van der Waals surface area contributed by atoms with Crippen molar-refractivity contribution in [2.75, 3.05) is 6.61 Å². The van der Waals surface area contributed by atoms with Crippen LogP contribution in [0.1, 0.15) is 41.5 Å². The Morgan fingerprint density at radius 2 is 1.23 bits per heavy atom. The first-order chi connectivity index (χ1) is 9.68. The molecule has 0 atom stereocenters. The Morgan fingerprint density at radius 3 is 1.45 bits per heavy atom. The van der Waals surface area contributed by atoms with Crippen molar-refractivity contribution in [3.8, 4) is 0 Å². The second kappa shape index (κ2) is 9.17. The van der Waals surface area contributed by atoms with Gasteiger partial charge in [-0.3, -0.25) is 0 Å². The summed E-state index contributed by atoms with van der Waals surface area (Å²) in [4.78, 5) is 14.8. The van der Waals surface area contributed by atoms with Gasteiger partial charge in [-0.15, -0.1) is 0 Å². The summed E-state index contributed by atoms with van der Waals surface area (Å²) in [7, 11) is 0. The molecule has 1 nitrogen and oxygen atoms in total. The second-order valence-corrected chi connectivity index (χ2v) is 37.2. The first-order valence-electron chi connectivity index (χ1n) is 9.05. The summed E-state index contributed by atoms with van der Waals surface area (Å²) in [5.74, 6) is 2.05. The Morgan fingerprint density at radius 1 is 0.818 bits per heavy atom. The van der Waals surface area contributed by atoms with Crippen LogP contribution in [0, 0.1) is 5.92 Å². The van der Waals surface area contributed by atoms with E-state index >= 15 is 0 Å². The van der Waals surface area contributed by atoms with E-state index in [9.17, 15) is 0 Å². The molecule has 0 fully saturated rings. The van der Waals surface area contributed by atoms with Gasteiger partial charge >= 0.3 is 151 Å². The van der Waals surface area contributed by atoms with Crippen LogP contribution in [-0.4, -0.2) is 50.5 Å². The summed E-state index contributed by atoms with van der Waals surface area (Å²) >= 11 is -4.37. The summed E-state index contributed by atoms with van der Waals surface area (Å²) in [5, 5.41) is 0. The average Bonchev–Trinajstić information content (AvgIpc) is 2.22. The molecule has 0 aromatic carbocycles. The van der Waals surface area contributed by atoms with Crippen LogP contribution >= 0.6 is 0 Å². The summed E-state index contributed by atoms with van der Waals surface area (Å²) in [6, 6.07) is 0. The summed E-state index contributed by atoms with van der Waals surface area (Å²) in [6.07, 6.45) is 0. The van der Waals surface area contributed by atoms with Crippen LogP contribution in [0.2, 0.25) is 41.3 Å². The number of allylic oxidation sites excluding steroid dienone is 1. The molecule has 0 aliphatic carbocycles. The van der Waals surface area contributed by atoms with Gasteiger partial charge in [-0.05, 0) is 0 Å². The van der Waals surface area contributed by atoms with Gasteiger partial charge < -0.3 is 0 Å². The topological polar surface area (TPSA) is 9.23 Å². The molecule has 130 valence electrons. The van der Waals surface area contributed by atoms with E-state index in [1.54, 1.807) is 9.06 Å². The van der Waals surface area contributed by atoms with Gasteiger partial charge in [-0.2, -0.15) is 0 Å². The molecule has 0 spiro atoms. The van der Waals surface area contributed by atoms with Crippen LogP contribution in [0.4, 0.5) is 0 Å². The Bertz CT molecular complexity index is 366. The molecule has 0 aromatic heterocycles. The fourth-order valence-electron chi connectivity index (χ4n) is 3.44. The first-order valence-corrected chi connectivity index (χ1v) is 28.8. The molecular formula is C18H41BOSn2. The Hall–Kier alpha value is 1.36. The van der Waals surface area contributed by atoms with Crippen molar-refractivity contribution >= 4 is 43.9 Å². The monoisotopic (exact) mass is 524 g/mol. The molecule has 0 aliphatic rings. The van der Waals surface area contributed by atoms with Gasteiger partial charge in [0.25, 0.3) is 0 Å². The van der Waals surface area contributed by atoms with Crippen LogP contribution < -0.4 is 0 Å². The van der Waals surface area contributed by atoms with Gasteiger partial charge in [-0.25, -0.2) is 0 Å². The molecule has 0 heterocycles. The molecule has 4 heteroatoms. The average molecular weight is 522 g/mol. The van der Waals surface area contributed by atoms with E-state index in [1.165, 1.54) is 0 Å². The molecule has 0 aliphatic heterocycles. The predicted molar refractivity (Wildman–Crippen MR) is 110 cm³/mol. The van der Waals surface area contributed by atoms with Crippen molar-refractivity contribution in [1.82, 2.24) is 0 Å². The van der Waals surface area contributed by atoms with E-state index in [-0.39, 0.29) is 0 Å². The Kier molecular flexibility index (Phi) is 9.74. The van der Waals surface area contributed by atoms with E-state index in [4.69, 9.17) is 3.07 Å². The van der Waals surface area contributed by atoms with E-state index in [2.05, 4.69) is 71.2 Å². The molecule has 0 saturated carbocycles. The fraction of sp³-hybridized carbons (Fsp3) is 0.889. The Labute approximate surface area is 150 Å². The van der Waals surface area contributed by atoms with Crippen LogP contribution in [0.3, 0.4) is 0 Å². The van der Waals surface area contributed by atoms with Gasteiger partial charge in [0.05, 0.1) is 0 Å². The van der Waals surface area contributed by atoms with Crippen molar-refractivity contribution in [2.45, 2.75) is 82.8 Å². The maximum atomic E-state index is 6.46. The van der Waals surface area contributed by atoms with Gasteiger partial charge in [0.1, 0.15) is 0 Å². The normalized spacial score (nSPS) is 14.9. The van der Waals surface area contributed by atoms with E-state index < -0.39 is 37.2 Å². The zero-order valence-electron chi connectivity index (χ0n) is 17.4. The van der Waals surface area contributed by atoms with Crippen LogP contribution in [0.5, 0.6) is 0 Å². The van der Waals surface area contributed by atoms with Gasteiger partial charge in [0.15, 0.2) is 0 Å². The van der Waals surface area contributed by atoms with Crippen molar-refractivity contribution in [2.24, 2.45) is 5.92 Å². The summed E-state index contributed by atoms with van der Waals surface area (Å²) in [5.41, 5.74) is 1.75. The zero-order chi connectivity index (χ0) is 17.9. The zero-order valence-corrected chi connectivity index (χ0v) is 23.1. The number of hydrogen-bond donors (Lipinski definition) is 0. The molecule has 0 N–H and O–H groups in total. The molecule has 22 heavy (non-hydrogen) atoms. The molecule has 0 rings (SSSR count). The summed E-state index contributed by atoms with van der Waals surface area (Å²) in [6.45, 7) is 16.0. The minimum absolute atomic E-state index is 0.638. The predicted octanol–water partition coefficient (Wildman–Crippen LogP) is 6.52. The maximum absolute atomic E-state index is 6.46. The molecule has 0 amide bonds. The molecule has 0 unspecified atom stereocenters. The van der Waals surface area contributed by atoms with Crippen molar-refractivity contribution < 1.29 is 3.07 Å². The van der Waals surface area contributed by atoms with Crippen molar-refractivity contribution in [3.63, 3.8) is 0 Å². The first kappa shape index (κ1) is 23.4. The minimum atomic E-state index is -2.19. The number of rotatable bonds is 8. The quantitative estimate of drug-likeness (QED) is 0.330. The van der Waals surface area contributed by atoms with E-state index in [0.717, 1.165) is 6.61 Å². The van der Waals surface area contributed by atoms with Crippen LogP contribution in [-0.2, 0) is 3.07 Å². The SMILES string of the molecule is CC(C)B(/C(=[C](/C[O][Sn]([CH3])([CH3])[CH3])[Sn]([CH3])([CH3])[CH3])C(C)C)C(C)C. The molecule has 0 aromatic rings. The third-order valence-electron chi connectivity index (χ3n) is 4.32. The molecular weight excluding hydrogens is 480 g/mol. The van der Waals surface area contributed by atoms with Crippen molar-refractivity contribution in [3.05, 3.63) is 9.06 Å². The Balaban J connectivity index is 6.02. The van der Waals surface area contributed by atoms with Gasteiger partial charge in [0.2, 0.25) is 0 Å². The third-order valence-corrected chi connectivity index (χ3v) is 13.6.